The Balaban J connectivity index is 1.85. The number of rotatable bonds is 5. The average Bonchev–Trinajstić information content (AvgIpc) is 2.96. The molecule has 0 aliphatic carbocycles. The van der Waals surface area contributed by atoms with Crippen LogP contribution < -0.4 is 15.1 Å². The highest BCUT2D eigenvalue weighted by Crippen LogP contribution is 2.30. The molecule has 0 aliphatic rings. The number of hydrazone groups is 1. The van der Waals surface area contributed by atoms with Gasteiger partial charge in [0.1, 0.15) is 5.75 Å². The Morgan fingerprint density at radius 3 is 2.68 bits per heavy atom. The summed E-state index contributed by atoms with van der Waals surface area (Å²) in [5.41, 5.74) is 6.00. The van der Waals surface area contributed by atoms with Crippen LogP contribution in [-0.4, -0.2) is 18.5 Å². The lowest BCUT2D eigenvalue weighted by Crippen LogP contribution is -2.25. The van der Waals surface area contributed by atoms with E-state index in [0.29, 0.717) is 38.3 Å². The summed E-state index contributed by atoms with van der Waals surface area (Å²) in [4.78, 5) is 0.366. The van der Waals surface area contributed by atoms with Crippen LogP contribution in [0.3, 0.4) is 0 Å². The van der Waals surface area contributed by atoms with Crippen molar-refractivity contribution in [1.82, 2.24) is 5.16 Å². The first-order valence-corrected chi connectivity index (χ1v) is 7.75. The number of ether oxygens (including phenoxy) is 1. The van der Waals surface area contributed by atoms with Crippen molar-refractivity contribution in [3.05, 3.63) is 64.0 Å². The number of aromatic nitrogens is 2. The topological polar surface area (TPSA) is 86.6 Å². The highest BCUT2D eigenvalue weighted by Gasteiger charge is 2.18. The number of nitrogens with one attached hydrogen (secondary N) is 1. The Labute approximate surface area is 149 Å². The predicted octanol–water partition coefficient (Wildman–Crippen LogP) is 3.39. The molecule has 0 unspecified atom stereocenters. The van der Waals surface area contributed by atoms with E-state index in [4.69, 9.17) is 16.3 Å². The second-order valence-electron chi connectivity index (χ2n) is 5.20. The zero-order valence-electron chi connectivity index (χ0n) is 13.6. The summed E-state index contributed by atoms with van der Waals surface area (Å²) < 4.78 is 9.94. The van der Waals surface area contributed by atoms with Crippen molar-refractivity contribution in [3.8, 4) is 17.0 Å². The van der Waals surface area contributed by atoms with Gasteiger partial charge in [-0.15, -0.1) is 0 Å². The van der Waals surface area contributed by atoms with Crippen molar-refractivity contribution in [2.24, 2.45) is 5.10 Å². The molecule has 0 bridgehead atoms. The van der Waals surface area contributed by atoms with Gasteiger partial charge in [-0.3, -0.25) is 10.1 Å². The van der Waals surface area contributed by atoms with E-state index in [-0.39, 0.29) is 0 Å². The molecule has 0 spiro atoms. The van der Waals surface area contributed by atoms with Crippen LogP contribution in [0.15, 0.2) is 52.2 Å². The van der Waals surface area contributed by atoms with Crippen LogP contribution >= 0.6 is 11.6 Å². The second-order valence-corrected chi connectivity index (χ2v) is 5.64. The molecule has 3 aromatic rings. The molecule has 8 heteroatoms. The fourth-order valence-electron chi connectivity index (χ4n) is 2.22. The number of methoxy groups -OCH3 is 1. The molecule has 0 saturated heterocycles. The number of anilines is 1. The molecule has 0 fully saturated rings. The van der Waals surface area contributed by atoms with Crippen LogP contribution in [0.2, 0.25) is 5.02 Å². The number of benzene rings is 2. The summed E-state index contributed by atoms with van der Waals surface area (Å²) in [5, 5.41) is 20.0. The first-order chi connectivity index (χ1) is 12.1. The van der Waals surface area contributed by atoms with E-state index in [1.165, 1.54) is 0 Å². The molecule has 25 heavy (non-hydrogen) atoms. The van der Waals surface area contributed by atoms with Gasteiger partial charge in [-0.1, -0.05) is 23.7 Å². The molecule has 2 aromatic carbocycles. The third-order valence-corrected chi connectivity index (χ3v) is 3.82. The highest BCUT2D eigenvalue weighted by atomic mass is 35.5. The van der Waals surface area contributed by atoms with Gasteiger partial charge >= 0.3 is 0 Å². The van der Waals surface area contributed by atoms with E-state index in [1.54, 1.807) is 50.6 Å². The normalized spacial score (nSPS) is 11.0. The van der Waals surface area contributed by atoms with Crippen LogP contribution in [0, 0.1) is 12.1 Å². The van der Waals surface area contributed by atoms with Crippen molar-refractivity contribution < 1.29 is 14.3 Å². The zero-order chi connectivity index (χ0) is 17.8. The average molecular weight is 359 g/mol. The summed E-state index contributed by atoms with van der Waals surface area (Å²) in [6, 6.07) is 12.6. The van der Waals surface area contributed by atoms with Crippen molar-refractivity contribution in [2.45, 2.75) is 6.92 Å². The van der Waals surface area contributed by atoms with Crippen molar-refractivity contribution in [3.63, 3.8) is 0 Å². The van der Waals surface area contributed by atoms with Crippen LogP contribution in [0.1, 0.15) is 11.3 Å². The summed E-state index contributed by atoms with van der Waals surface area (Å²) in [5.74, 6) is 0.605. The highest BCUT2D eigenvalue weighted by molar-refractivity contribution is 6.30. The lowest BCUT2D eigenvalue weighted by molar-refractivity contribution is -0.806. The third-order valence-electron chi connectivity index (χ3n) is 3.56. The molecular formula is C17H15ClN4O3. The van der Waals surface area contributed by atoms with E-state index >= 15 is 0 Å². The Morgan fingerprint density at radius 1 is 1.28 bits per heavy atom. The van der Waals surface area contributed by atoms with Crippen molar-refractivity contribution >= 4 is 23.5 Å². The molecule has 0 aliphatic heterocycles. The predicted molar refractivity (Wildman–Crippen MR) is 94.9 cm³/mol. The smallest absolute Gasteiger partial charge is 0.251 e. The van der Waals surface area contributed by atoms with E-state index in [1.807, 2.05) is 12.1 Å². The zero-order valence-corrected chi connectivity index (χ0v) is 14.3. The molecule has 3 rings (SSSR count). The maximum atomic E-state index is 11.4. The molecule has 0 saturated carbocycles. The van der Waals surface area contributed by atoms with Crippen molar-refractivity contribution in [2.75, 3.05) is 12.5 Å². The Bertz CT molecular complexity index is 907. The second kappa shape index (κ2) is 7.23. The van der Waals surface area contributed by atoms with Crippen molar-refractivity contribution in [1.29, 1.82) is 0 Å². The number of hydrogen-bond acceptors (Lipinski definition) is 6. The number of halogens is 1. The molecule has 1 N–H and O–H groups in total. The SMILES string of the molecule is COc1ccc(-c2no[n+]([O-])c2C)cc1N/N=C/c1ccc(Cl)cc1. The molecule has 0 radical (unpaired) electrons. The largest absolute Gasteiger partial charge is 0.495 e. The Kier molecular flexibility index (Phi) is 4.85. The maximum absolute atomic E-state index is 11.4. The van der Waals surface area contributed by atoms with E-state index < -0.39 is 0 Å². The monoisotopic (exact) mass is 358 g/mol. The van der Waals surface area contributed by atoms with Gasteiger partial charge in [0.2, 0.25) is 5.69 Å². The molecule has 7 nitrogen and oxygen atoms in total. The molecule has 0 atom stereocenters. The minimum atomic E-state index is 0.366. The van der Waals surface area contributed by atoms with Crippen LogP contribution in [0.4, 0.5) is 5.69 Å². The maximum Gasteiger partial charge on any atom is 0.251 e. The van der Waals surface area contributed by atoms with Gasteiger partial charge in [0.25, 0.3) is 5.69 Å². The first kappa shape index (κ1) is 16.8. The van der Waals surface area contributed by atoms with Crippen LogP contribution in [0.25, 0.3) is 11.3 Å². The minimum absolute atomic E-state index is 0.366. The van der Waals surface area contributed by atoms with Gasteiger partial charge in [0, 0.05) is 22.7 Å². The lowest BCUT2D eigenvalue weighted by Gasteiger charge is -2.08. The summed E-state index contributed by atoms with van der Waals surface area (Å²) in [7, 11) is 1.57. The first-order valence-electron chi connectivity index (χ1n) is 7.38. The lowest BCUT2D eigenvalue weighted by atomic mass is 10.1. The van der Waals surface area contributed by atoms with Gasteiger partial charge in [0.15, 0.2) is 0 Å². The van der Waals surface area contributed by atoms with Crippen LogP contribution in [-0.2, 0) is 0 Å². The molecule has 1 aromatic heterocycles. The molecule has 1 heterocycles. The molecule has 0 amide bonds. The molecular weight excluding hydrogens is 344 g/mol. The Morgan fingerprint density at radius 2 is 2.04 bits per heavy atom. The number of hydrogen-bond donors (Lipinski definition) is 1. The quantitative estimate of drug-likeness (QED) is 0.429. The van der Waals surface area contributed by atoms with Gasteiger partial charge in [-0.25, -0.2) is 0 Å². The van der Waals surface area contributed by atoms with Gasteiger partial charge in [-0.05, 0) is 40.8 Å². The summed E-state index contributed by atoms with van der Waals surface area (Å²) in [6.07, 6.45) is 1.66. The fraction of sp³-hybridized carbons (Fsp3) is 0.118. The van der Waals surface area contributed by atoms with Gasteiger partial charge in [-0.2, -0.15) is 5.10 Å². The van der Waals surface area contributed by atoms with Gasteiger partial charge in [0.05, 0.1) is 19.0 Å². The minimum Gasteiger partial charge on any atom is -0.495 e. The number of nitrogens with zero attached hydrogens (tertiary/aromatic N) is 3. The third kappa shape index (κ3) is 3.72. The summed E-state index contributed by atoms with van der Waals surface area (Å²) in [6.45, 7) is 1.63. The fourth-order valence-corrected chi connectivity index (χ4v) is 2.35. The van der Waals surface area contributed by atoms with E-state index in [0.717, 1.165) is 5.56 Å². The molecule has 128 valence electrons. The summed E-state index contributed by atoms with van der Waals surface area (Å²) >= 11 is 5.86. The Hall–Kier alpha value is -3.06. The van der Waals surface area contributed by atoms with Crippen LogP contribution in [0.5, 0.6) is 5.75 Å². The van der Waals surface area contributed by atoms with E-state index in [2.05, 4.69) is 20.3 Å². The van der Waals surface area contributed by atoms with Gasteiger partial charge < -0.3 is 9.94 Å². The van der Waals surface area contributed by atoms with E-state index in [9.17, 15) is 5.21 Å². The standard InChI is InChI=1S/C17H15ClN4O3/c1-11-17(21-25-22(11)23)13-5-8-16(24-2)15(9-13)20-19-10-12-3-6-14(18)7-4-12/h3-10,20H,1-2H3/b19-10+.